The molecule has 2 amide bonds. The van der Waals surface area contributed by atoms with Gasteiger partial charge in [-0.05, 0) is 65.6 Å². The molecule has 0 radical (unpaired) electrons. The molecule has 0 unspecified atom stereocenters. The van der Waals surface area contributed by atoms with Crippen LogP contribution in [-0.4, -0.2) is 22.6 Å². The van der Waals surface area contributed by atoms with E-state index in [1.54, 1.807) is 7.11 Å². The van der Waals surface area contributed by atoms with Gasteiger partial charge in [0.15, 0.2) is 0 Å². The maximum atomic E-state index is 13.7. The number of fused-ring (bicyclic) bond motifs is 3. The Bertz CT molecular complexity index is 1260. The van der Waals surface area contributed by atoms with Crippen LogP contribution in [0.2, 0.25) is 0 Å². The van der Waals surface area contributed by atoms with E-state index in [0.717, 1.165) is 40.4 Å². The molecule has 3 aromatic carbocycles. The van der Waals surface area contributed by atoms with Crippen LogP contribution in [0.25, 0.3) is 5.69 Å². The number of urea groups is 1. The van der Waals surface area contributed by atoms with Gasteiger partial charge >= 0.3 is 6.03 Å². The monoisotopic (exact) mass is 437 g/mol. The second-order valence-corrected chi connectivity index (χ2v) is 8.22. The molecule has 166 valence electrons. The second-order valence-electron chi connectivity index (χ2n) is 8.22. The number of nitrogens with one attached hydrogen (secondary N) is 1. The molecule has 1 atom stereocenters. The summed E-state index contributed by atoms with van der Waals surface area (Å²) in [6.07, 6.45) is 3.03. The number of aromatic nitrogens is 1. The lowest BCUT2D eigenvalue weighted by atomic mass is 10.0. The van der Waals surface area contributed by atoms with Crippen LogP contribution in [0, 0.1) is 0 Å². The average molecular weight is 438 g/mol. The Morgan fingerprint density at radius 1 is 0.970 bits per heavy atom. The van der Waals surface area contributed by atoms with E-state index in [-0.39, 0.29) is 12.1 Å². The molecule has 0 aliphatic carbocycles. The van der Waals surface area contributed by atoms with Gasteiger partial charge in [-0.25, -0.2) is 4.79 Å². The topological polar surface area (TPSA) is 46.5 Å². The highest BCUT2D eigenvalue weighted by molar-refractivity contribution is 5.90. The summed E-state index contributed by atoms with van der Waals surface area (Å²) in [6, 6.07) is 28.0. The predicted molar refractivity (Wildman–Crippen MR) is 131 cm³/mol. The molecular formula is C28H27N3O2. The number of nitrogens with zero attached hydrogens (tertiary/aromatic N) is 2. The molecule has 2 heterocycles. The Hall–Kier alpha value is -3.99. The molecule has 0 saturated carbocycles. The van der Waals surface area contributed by atoms with E-state index < -0.39 is 0 Å². The van der Waals surface area contributed by atoms with Crippen LogP contribution in [0.15, 0.2) is 91.1 Å². The lowest BCUT2D eigenvalue weighted by Gasteiger charge is -2.31. The first kappa shape index (κ1) is 20.9. The summed E-state index contributed by atoms with van der Waals surface area (Å²) in [7, 11) is 1.66. The van der Waals surface area contributed by atoms with Crippen molar-refractivity contribution in [2.45, 2.75) is 25.9 Å². The number of aryl methyl sites for hydroxylation is 1. The van der Waals surface area contributed by atoms with Gasteiger partial charge in [0.05, 0.1) is 25.4 Å². The molecule has 1 aromatic heterocycles. The number of carbonyl (C=O) groups excluding carboxylic acids is 1. The molecule has 1 aliphatic heterocycles. The molecule has 5 heteroatoms. The molecular weight excluding hydrogens is 410 g/mol. The Balaban J connectivity index is 1.58. The van der Waals surface area contributed by atoms with E-state index in [4.69, 9.17) is 4.74 Å². The lowest BCUT2D eigenvalue weighted by molar-refractivity contribution is 0.194. The van der Waals surface area contributed by atoms with Crippen molar-refractivity contribution in [2.24, 2.45) is 0 Å². The Morgan fingerprint density at radius 2 is 1.73 bits per heavy atom. The minimum Gasteiger partial charge on any atom is -0.497 e. The van der Waals surface area contributed by atoms with Crippen LogP contribution in [0.3, 0.4) is 0 Å². The number of hydrogen-bond acceptors (Lipinski definition) is 2. The van der Waals surface area contributed by atoms with Crippen LogP contribution in [0.5, 0.6) is 5.75 Å². The zero-order valence-electron chi connectivity index (χ0n) is 18.9. The molecule has 0 bridgehead atoms. The molecule has 0 saturated heterocycles. The van der Waals surface area contributed by atoms with Crippen LogP contribution >= 0.6 is 0 Å². The van der Waals surface area contributed by atoms with E-state index >= 15 is 0 Å². The van der Waals surface area contributed by atoms with Gasteiger partial charge < -0.3 is 19.5 Å². The number of methoxy groups -OCH3 is 1. The smallest absolute Gasteiger partial charge is 0.322 e. The van der Waals surface area contributed by atoms with Gasteiger partial charge in [0, 0.05) is 17.6 Å². The minimum atomic E-state index is -0.256. The predicted octanol–water partition coefficient (Wildman–Crippen LogP) is 6.19. The summed E-state index contributed by atoms with van der Waals surface area (Å²) in [5.41, 5.74) is 6.30. The first-order valence-corrected chi connectivity index (χ1v) is 11.2. The van der Waals surface area contributed by atoms with Gasteiger partial charge in [-0.15, -0.1) is 0 Å². The Morgan fingerprint density at radius 3 is 2.45 bits per heavy atom. The molecule has 5 rings (SSSR count). The van der Waals surface area contributed by atoms with E-state index in [0.29, 0.717) is 6.54 Å². The highest BCUT2D eigenvalue weighted by Gasteiger charge is 2.33. The van der Waals surface area contributed by atoms with Gasteiger partial charge in [0.25, 0.3) is 0 Å². The third kappa shape index (κ3) is 3.98. The van der Waals surface area contributed by atoms with E-state index in [1.165, 1.54) is 5.56 Å². The maximum absolute atomic E-state index is 13.7. The van der Waals surface area contributed by atoms with Crippen molar-refractivity contribution in [3.63, 3.8) is 0 Å². The van der Waals surface area contributed by atoms with E-state index in [2.05, 4.69) is 53.3 Å². The largest absolute Gasteiger partial charge is 0.497 e. The van der Waals surface area contributed by atoms with Gasteiger partial charge in [-0.1, -0.05) is 49.4 Å². The standard InChI is InChI=1S/C28H27N3O2/c1-3-20-10-14-23(15-11-20)29-28(32)31-19-22-7-4-5-8-25(22)30-18-6-9-26(30)27(31)21-12-16-24(33-2)17-13-21/h4-18,27H,3,19H2,1-2H3,(H,29,32)/t27-/m0/s1. The van der Waals surface area contributed by atoms with Crippen molar-refractivity contribution in [1.29, 1.82) is 0 Å². The summed E-state index contributed by atoms with van der Waals surface area (Å²) < 4.78 is 7.55. The number of ether oxygens (including phenoxy) is 1. The van der Waals surface area contributed by atoms with Crippen molar-refractivity contribution in [2.75, 3.05) is 12.4 Å². The summed E-state index contributed by atoms with van der Waals surface area (Å²) in [5, 5.41) is 3.12. The first-order chi connectivity index (χ1) is 16.2. The summed E-state index contributed by atoms with van der Waals surface area (Å²) >= 11 is 0. The summed E-state index contributed by atoms with van der Waals surface area (Å²) in [4.78, 5) is 15.6. The highest BCUT2D eigenvalue weighted by Crippen LogP contribution is 2.37. The minimum absolute atomic E-state index is 0.135. The highest BCUT2D eigenvalue weighted by atomic mass is 16.5. The van der Waals surface area contributed by atoms with Gasteiger partial charge in [0.2, 0.25) is 0 Å². The maximum Gasteiger partial charge on any atom is 0.322 e. The average Bonchev–Trinajstić information content (AvgIpc) is 3.29. The van der Waals surface area contributed by atoms with Crippen molar-refractivity contribution < 1.29 is 9.53 Å². The SMILES string of the molecule is CCc1ccc(NC(=O)N2Cc3ccccc3-n3cccc3[C@@H]2c2ccc(OC)cc2)cc1. The fourth-order valence-electron chi connectivity index (χ4n) is 4.50. The molecule has 0 fully saturated rings. The van der Waals surface area contributed by atoms with Crippen molar-refractivity contribution in [1.82, 2.24) is 9.47 Å². The zero-order valence-corrected chi connectivity index (χ0v) is 18.9. The Kier molecular flexibility index (Phi) is 5.61. The van der Waals surface area contributed by atoms with Crippen LogP contribution in [-0.2, 0) is 13.0 Å². The quantitative estimate of drug-likeness (QED) is 0.414. The second kappa shape index (κ2) is 8.87. The number of rotatable bonds is 4. The van der Waals surface area contributed by atoms with Crippen molar-refractivity contribution in [3.05, 3.63) is 114 Å². The summed E-state index contributed by atoms with van der Waals surface area (Å²) in [6.45, 7) is 2.62. The zero-order chi connectivity index (χ0) is 22.8. The van der Waals surface area contributed by atoms with Crippen molar-refractivity contribution in [3.8, 4) is 11.4 Å². The Labute approximate surface area is 194 Å². The lowest BCUT2D eigenvalue weighted by Crippen LogP contribution is -2.37. The summed E-state index contributed by atoms with van der Waals surface area (Å²) in [5.74, 6) is 0.790. The molecule has 1 N–H and O–H groups in total. The third-order valence-electron chi connectivity index (χ3n) is 6.27. The molecule has 5 nitrogen and oxygen atoms in total. The fourth-order valence-corrected chi connectivity index (χ4v) is 4.50. The van der Waals surface area contributed by atoms with E-state index in [1.807, 2.05) is 59.5 Å². The number of carbonyl (C=O) groups is 1. The van der Waals surface area contributed by atoms with Gasteiger partial charge in [0.1, 0.15) is 5.75 Å². The van der Waals surface area contributed by atoms with Crippen LogP contribution in [0.4, 0.5) is 10.5 Å². The van der Waals surface area contributed by atoms with Gasteiger partial charge in [-0.2, -0.15) is 0 Å². The number of hydrogen-bond donors (Lipinski definition) is 1. The first-order valence-electron chi connectivity index (χ1n) is 11.2. The number of anilines is 1. The van der Waals surface area contributed by atoms with Crippen LogP contribution < -0.4 is 10.1 Å². The molecule has 4 aromatic rings. The molecule has 33 heavy (non-hydrogen) atoms. The number of benzene rings is 3. The van der Waals surface area contributed by atoms with Gasteiger partial charge in [-0.3, -0.25) is 0 Å². The van der Waals surface area contributed by atoms with E-state index in [9.17, 15) is 4.79 Å². The third-order valence-corrected chi connectivity index (χ3v) is 6.27. The fraction of sp³-hybridized carbons (Fsp3) is 0.179. The van der Waals surface area contributed by atoms with Crippen LogP contribution in [0.1, 0.15) is 35.3 Å². The molecule has 0 spiro atoms. The molecule has 1 aliphatic rings. The number of para-hydroxylation sites is 1. The normalized spacial score (nSPS) is 14.7. The number of amides is 2. The van der Waals surface area contributed by atoms with Crippen molar-refractivity contribution >= 4 is 11.7 Å².